The first-order valence-corrected chi connectivity index (χ1v) is 4.63. The molecule has 1 aromatic rings. The molecule has 0 saturated carbocycles. The summed E-state index contributed by atoms with van der Waals surface area (Å²) >= 11 is 0. The lowest BCUT2D eigenvalue weighted by molar-refractivity contribution is 0.172. The van der Waals surface area contributed by atoms with Gasteiger partial charge in [-0.15, -0.1) is 0 Å². The van der Waals surface area contributed by atoms with Crippen LogP contribution in [0.2, 0.25) is 0 Å². The third kappa shape index (κ3) is 0.604. The Kier molecular flexibility index (Phi) is 1.09. The molecule has 12 heavy (non-hydrogen) atoms. The second kappa shape index (κ2) is 1.94. The topological polar surface area (TPSA) is 16.4 Å². The molecule has 1 fully saturated rings. The van der Waals surface area contributed by atoms with Crippen LogP contribution in [0.15, 0.2) is 16.7 Å². The van der Waals surface area contributed by atoms with Gasteiger partial charge in [-0.2, -0.15) is 0 Å². The Morgan fingerprint density at radius 3 is 3.42 bits per heavy atom. The molecule has 0 unspecified atom stereocenters. The van der Waals surface area contributed by atoms with Gasteiger partial charge >= 0.3 is 0 Å². The van der Waals surface area contributed by atoms with E-state index in [0.29, 0.717) is 5.54 Å². The molecule has 0 bridgehead atoms. The van der Waals surface area contributed by atoms with Gasteiger partial charge in [-0.25, -0.2) is 0 Å². The number of rotatable bonds is 0. The third-order valence-electron chi connectivity index (χ3n) is 3.45. The maximum absolute atomic E-state index is 5.44. The van der Waals surface area contributed by atoms with E-state index in [9.17, 15) is 0 Å². The Hall–Kier alpha value is -0.760. The van der Waals surface area contributed by atoms with E-state index in [1.165, 1.54) is 30.7 Å². The molecule has 2 aliphatic heterocycles. The molecule has 0 N–H and O–H groups in total. The zero-order chi connectivity index (χ0) is 8.18. The normalized spacial score (nSPS) is 33.8. The summed E-state index contributed by atoms with van der Waals surface area (Å²) in [4.78, 5) is 2.53. The van der Waals surface area contributed by atoms with Crippen molar-refractivity contribution in [1.29, 1.82) is 0 Å². The van der Waals surface area contributed by atoms with Crippen molar-refractivity contribution >= 4 is 0 Å². The van der Waals surface area contributed by atoms with E-state index in [4.69, 9.17) is 4.42 Å². The number of hydrogen-bond acceptors (Lipinski definition) is 2. The average molecular weight is 163 g/mol. The Bertz CT molecular complexity index is 317. The third-order valence-corrected chi connectivity index (χ3v) is 3.45. The molecule has 0 aromatic carbocycles. The van der Waals surface area contributed by atoms with E-state index in [0.717, 1.165) is 6.54 Å². The van der Waals surface area contributed by atoms with Crippen LogP contribution in [-0.4, -0.2) is 11.4 Å². The Morgan fingerprint density at radius 2 is 2.50 bits per heavy atom. The van der Waals surface area contributed by atoms with E-state index < -0.39 is 0 Å². The van der Waals surface area contributed by atoms with E-state index in [-0.39, 0.29) is 0 Å². The summed E-state index contributed by atoms with van der Waals surface area (Å²) in [7, 11) is 0. The lowest BCUT2D eigenvalue weighted by Crippen LogP contribution is -2.31. The minimum atomic E-state index is 0.308. The van der Waals surface area contributed by atoms with Gasteiger partial charge in [-0.05, 0) is 32.4 Å². The molecule has 3 heterocycles. The fourth-order valence-electron chi connectivity index (χ4n) is 2.69. The molecule has 0 aliphatic carbocycles. The van der Waals surface area contributed by atoms with Gasteiger partial charge in [0.2, 0.25) is 0 Å². The van der Waals surface area contributed by atoms with E-state index in [2.05, 4.69) is 17.9 Å². The number of nitrogens with zero attached hydrogens (tertiary/aromatic N) is 1. The fraction of sp³-hybridized carbons (Fsp3) is 0.600. The molecule has 3 rings (SSSR count). The van der Waals surface area contributed by atoms with E-state index in [1.807, 2.05) is 6.26 Å². The number of hydrogen-bond donors (Lipinski definition) is 0. The Labute approximate surface area is 72.2 Å². The van der Waals surface area contributed by atoms with Gasteiger partial charge in [-0.3, -0.25) is 4.90 Å². The predicted octanol–water partition coefficient (Wildman–Crippen LogP) is 2.10. The van der Waals surface area contributed by atoms with Crippen LogP contribution >= 0.6 is 0 Å². The van der Waals surface area contributed by atoms with Gasteiger partial charge in [0.1, 0.15) is 5.76 Å². The molecule has 0 amide bonds. The lowest BCUT2D eigenvalue weighted by Gasteiger charge is -2.27. The van der Waals surface area contributed by atoms with Crippen molar-refractivity contribution in [3.8, 4) is 0 Å². The zero-order valence-corrected chi connectivity index (χ0v) is 7.34. The standard InChI is InChI=1S/C10H13NO/c1-10-4-2-5-11(10)7-9-8(10)3-6-12-9/h3,6H,2,4-5,7H2,1H3/t10-/m0/s1. The van der Waals surface area contributed by atoms with Crippen LogP contribution in [-0.2, 0) is 12.1 Å². The lowest BCUT2D eigenvalue weighted by atomic mass is 9.93. The van der Waals surface area contributed by atoms with Crippen molar-refractivity contribution < 1.29 is 4.42 Å². The first-order chi connectivity index (χ1) is 5.81. The molecule has 1 atom stereocenters. The van der Waals surface area contributed by atoms with E-state index in [1.54, 1.807) is 0 Å². The molecule has 64 valence electrons. The minimum absolute atomic E-state index is 0.308. The van der Waals surface area contributed by atoms with Crippen LogP contribution in [0.25, 0.3) is 0 Å². The monoisotopic (exact) mass is 163 g/mol. The second-order valence-electron chi connectivity index (χ2n) is 4.06. The first-order valence-electron chi connectivity index (χ1n) is 4.63. The zero-order valence-electron chi connectivity index (χ0n) is 7.34. The molecule has 2 nitrogen and oxygen atoms in total. The molecular weight excluding hydrogens is 150 g/mol. The van der Waals surface area contributed by atoms with Crippen molar-refractivity contribution in [2.75, 3.05) is 6.54 Å². The van der Waals surface area contributed by atoms with Crippen LogP contribution in [0.1, 0.15) is 31.1 Å². The van der Waals surface area contributed by atoms with Gasteiger partial charge in [0.15, 0.2) is 0 Å². The molecule has 0 spiro atoms. The highest BCUT2D eigenvalue weighted by atomic mass is 16.3. The molecule has 2 aliphatic rings. The van der Waals surface area contributed by atoms with Crippen LogP contribution in [0.3, 0.4) is 0 Å². The van der Waals surface area contributed by atoms with Crippen molar-refractivity contribution in [2.45, 2.75) is 31.8 Å². The van der Waals surface area contributed by atoms with Crippen molar-refractivity contribution in [3.05, 3.63) is 23.7 Å². The maximum Gasteiger partial charge on any atom is 0.122 e. The molecular formula is C10H13NO. The van der Waals surface area contributed by atoms with Gasteiger partial charge in [0.25, 0.3) is 0 Å². The summed E-state index contributed by atoms with van der Waals surface area (Å²) in [5.74, 6) is 1.19. The minimum Gasteiger partial charge on any atom is -0.468 e. The van der Waals surface area contributed by atoms with Gasteiger partial charge in [0, 0.05) is 11.1 Å². The van der Waals surface area contributed by atoms with Crippen LogP contribution in [0, 0.1) is 0 Å². The largest absolute Gasteiger partial charge is 0.468 e. The highest BCUT2D eigenvalue weighted by molar-refractivity contribution is 5.32. The molecule has 1 aromatic heterocycles. The van der Waals surface area contributed by atoms with Gasteiger partial charge in [-0.1, -0.05) is 0 Å². The van der Waals surface area contributed by atoms with Gasteiger partial charge < -0.3 is 4.42 Å². The molecule has 0 radical (unpaired) electrons. The van der Waals surface area contributed by atoms with Crippen molar-refractivity contribution in [2.24, 2.45) is 0 Å². The average Bonchev–Trinajstić information content (AvgIpc) is 2.62. The summed E-state index contributed by atoms with van der Waals surface area (Å²) in [6, 6.07) is 2.14. The smallest absolute Gasteiger partial charge is 0.122 e. The fourth-order valence-corrected chi connectivity index (χ4v) is 2.69. The SMILES string of the molecule is C[C@@]12CCCN1Cc1occc12. The highest BCUT2D eigenvalue weighted by Crippen LogP contribution is 2.46. The van der Waals surface area contributed by atoms with Gasteiger partial charge in [0.05, 0.1) is 12.8 Å². The summed E-state index contributed by atoms with van der Waals surface area (Å²) in [6.07, 6.45) is 4.45. The predicted molar refractivity (Wildman–Crippen MR) is 45.7 cm³/mol. The Balaban J connectivity index is 2.16. The van der Waals surface area contributed by atoms with Crippen molar-refractivity contribution in [1.82, 2.24) is 4.90 Å². The maximum atomic E-state index is 5.44. The van der Waals surface area contributed by atoms with Crippen LogP contribution in [0.5, 0.6) is 0 Å². The summed E-state index contributed by atoms with van der Waals surface area (Å²) < 4.78 is 5.44. The highest BCUT2D eigenvalue weighted by Gasteiger charge is 2.45. The van der Waals surface area contributed by atoms with Crippen LogP contribution < -0.4 is 0 Å². The van der Waals surface area contributed by atoms with Crippen LogP contribution in [0.4, 0.5) is 0 Å². The summed E-state index contributed by atoms with van der Waals surface area (Å²) in [5.41, 5.74) is 1.74. The van der Waals surface area contributed by atoms with E-state index >= 15 is 0 Å². The number of fused-ring (bicyclic) bond motifs is 3. The number of furan rings is 1. The van der Waals surface area contributed by atoms with Crippen molar-refractivity contribution in [3.63, 3.8) is 0 Å². The molecule has 1 saturated heterocycles. The Morgan fingerprint density at radius 1 is 1.58 bits per heavy atom. The second-order valence-corrected chi connectivity index (χ2v) is 4.06. The summed E-state index contributed by atoms with van der Waals surface area (Å²) in [5, 5.41) is 0. The quantitative estimate of drug-likeness (QED) is 0.582. The first kappa shape index (κ1) is 6.72. The summed E-state index contributed by atoms with van der Waals surface area (Å²) in [6.45, 7) is 4.60. The molecule has 2 heteroatoms.